The summed E-state index contributed by atoms with van der Waals surface area (Å²) in [4.78, 5) is 11.1. The quantitative estimate of drug-likeness (QED) is 0.704. The summed E-state index contributed by atoms with van der Waals surface area (Å²) in [6.45, 7) is 0. The number of carboxylic acid groups (broad SMARTS) is 1. The predicted octanol–water partition coefficient (Wildman–Crippen LogP) is 1.85. The molecule has 0 saturated carbocycles. The van der Waals surface area contributed by atoms with Gasteiger partial charge in [-0.05, 0) is 6.07 Å². The van der Waals surface area contributed by atoms with Crippen LogP contribution >= 0.6 is 11.8 Å². The molecule has 0 saturated heterocycles. The van der Waals surface area contributed by atoms with Crippen molar-refractivity contribution >= 4 is 17.7 Å². The second-order valence-corrected chi connectivity index (χ2v) is 3.12. The van der Waals surface area contributed by atoms with Crippen LogP contribution in [-0.4, -0.2) is 16.8 Å². The molecule has 0 spiro atoms. The van der Waals surface area contributed by atoms with E-state index in [0.717, 1.165) is 4.90 Å². The van der Waals surface area contributed by atoms with Crippen molar-refractivity contribution in [2.75, 3.05) is 5.75 Å². The minimum atomic E-state index is -0.763. The number of hydrogen-bond acceptors (Lipinski definition) is 3. The van der Waals surface area contributed by atoms with Crippen LogP contribution < -0.4 is 0 Å². The molecule has 1 N–H and O–H groups in total. The number of thioether (sulfide) groups is 1. The Hall–Kier alpha value is -0.900. The van der Waals surface area contributed by atoms with Gasteiger partial charge in [-0.3, -0.25) is 4.79 Å². The maximum Gasteiger partial charge on any atom is 0.304 e. The molecule has 1 rings (SSSR count). The van der Waals surface area contributed by atoms with E-state index in [9.17, 15) is 4.79 Å². The lowest BCUT2D eigenvalue weighted by molar-refractivity contribution is -0.136. The normalized spacial score (nSPS) is 9.82. The largest absolute Gasteiger partial charge is 0.481 e. The molecule has 4 heteroatoms. The van der Waals surface area contributed by atoms with E-state index in [-0.39, 0.29) is 6.42 Å². The van der Waals surface area contributed by atoms with E-state index < -0.39 is 5.97 Å². The van der Waals surface area contributed by atoms with Gasteiger partial charge in [0.2, 0.25) is 0 Å². The van der Waals surface area contributed by atoms with Crippen molar-refractivity contribution in [3.05, 3.63) is 18.6 Å². The van der Waals surface area contributed by atoms with Gasteiger partial charge in [0, 0.05) is 10.6 Å². The molecule has 0 amide bonds. The van der Waals surface area contributed by atoms with Gasteiger partial charge in [-0.1, -0.05) is 0 Å². The molecule has 3 nitrogen and oxygen atoms in total. The first-order chi connectivity index (χ1) is 5.29. The molecule has 1 aromatic rings. The van der Waals surface area contributed by atoms with Crippen LogP contribution in [0.3, 0.4) is 0 Å². The molecule has 0 atom stereocenters. The Labute approximate surface area is 68.4 Å². The number of carboxylic acids is 1. The monoisotopic (exact) mass is 172 g/mol. The van der Waals surface area contributed by atoms with Gasteiger partial charge < -0.3 is 9.52 Å². The predicted molar refractivity (Wildman–Crippen MR) is 41.7 cm³/mol. The molecular weight excluding hydrogens is 164 g/mol. The Morgan fingerprint density at radius 3 is 3.09 bits per heavy atom. The standard InChI is InChI=1S/C7H8O3S/c8-7(9)2-4-11-6-1-3-10-5-6/h1,3,5H,2,4H2,(H,8,9). The van der Waals surface area contributed by atoms with Crippen LogP contribution in [-0.2, 0) is 4.79 Å². The van der Waals surface area contributed by atoms with Crippen molar-refractivity contribution in [1.82, 2.24) is 0 Å². The summed E-state index contributed by atoms with van der Waals surface area (Å²) in [5.41, 5.74) is 0. The third-order valence-electron chi connectivity index (χ3n) is 1.08. The van der Waals surface area contributed by atoms with E-state index in [0.29, 0.717) is 5.75 Å². The number of carbonyl (C=O) groups is 1. The zero-order valence-corrected chi connectivity index (χ0v) is 6.63. The first-order valence-corrected chi connectivity index (χ1v) is 4.14. The molecule has 0 aliphatic rings. The first kappa shape index (κ1) is 8.20. The average Bonchev–Trinajstić information content (AvgIpc) is 2.39. The first-order valence-electron chi connectivity index (χ1n) is 3.16. The fourth-order valence-corrected chi connectivity index (χ4v) is 1.38. The van der Waals surface area contributed by atoms with E-state index in [1.165, 1.54) is 11.8 Å². The average molecular weight is 172 g/mol. The Morgan fingerprint density at radius 2 is 2.55 bits per heavy atom. The second kappa shape index (κ2) is 4.08. The third kappa shape index (κ3) is 3.13. The molecule has 0 aliphatic carbocycles. The van der Waals surface area contributed by atoms with Gasteiger partial charge in [-0.15, -0.1) is 11.8 Å². The van der Waals surface area contributed by atoms with E-state index in [1.807, 2.05) is 6.07 Å². The van der Waals surface area contributed by atoms with Crippen LogP contribution in [0.1, 0.15) is 6.42 Å². The molecule has 11 heavy (non-hydrogen) atoms. The Morgan fingerprint density at radius 1 is 1.73 bits per heavy atom. The van der Waals surface area contributed by atoms with E-state index >= 15 is 0 Å². The van der Waals surface area contributed by atoms with Crippen LogP contribution in [0.2, 0.25) is 0 Å². The summed E-state index contributed by atoms with van der Waals surface area (Å²) in [5, 5.41) is 8.31. The molecule has 0 fully saturated rings. The molecule has 0 unspecified atom stereocenters. The summed E-state index contributed by atoms with van der Waals surface area (Å²) in [6, 6.07) is 1.81. The van der Waals surface area contributed by atoms with Gasteiger partial charge in [0.1, 0.15) is 6.26 Å². The summed E-state index contributed by atoms with van der Waals surface area (Å²) in [6.07, 6.45) is 3.37. The highest BCUT2D eigenvalue weighted by Gasteiger charge is 1.98. The summed E-state index contributed by atoms with van der Waals surface area (Å²) in [7, 11) is 0. The lowest BCUT2D eigenvalue weighted by Crippen LogP contribution is -1.95. The molecular formula is C7H8O3S. The highest BCUT2D eigenvalue weighted by atomic mass is 32.2. The number of aliphatic carboxylic acids is 1. The molecule has 0 bridgehead atoms. The lowest BCUT2D eigenvalue weighted by Gasteiger charge is -1.92. The van der Waals surface area contributed by atoms with Crippen molar-refractivity contribution < 1.29 is 14.3 Å². The van der Waals surface area contributed by atoms with E-state index in [1.54, 1.807) is 12.5 Å². The van der Waals surface area contributed by atoms with Crippen LogP contribution in [0, 0.1) is 0 Å². The van der Waals surface area contributed by atoms with Crippen molar-refractivity contribution in [2.45, 2.75) is 11.3 Å². The van der Waals surface area contributed by atoms with Gasteiger partial charge >= 0.3 is 5.97 Å². The van der Waals surface area contributed by atoms with Crippen LogP contribution in [0.4, 0.5) is 0 Å². The molecule has 1 heterocycles. The van der Waals surface area contributed by atoms with Gasteiger partial charge in [0.05, 0.1) is 12.7 Å². The Kier molecular flexibility index (Phi) is 3.04. The smallest absolute Gasteiger partial charge is 0.304 e. The maximum absolute atomic E-state index is 10.1. The lowest BCUT2D eigenvalue weighted by atomic mass is 10.5. The zero-order valence-electron chi connectivity index (χ0n) is 5.82. The summed E-state index contributed by atoms with van der Waals surface area (Å²) >= 11 is 1.48. The molecule has 0 radical (unpaired) electrons. The molecule has 0 aromatic carbocycles. The van der Waals surface area contributed by atoms with Crippen LogP contribution in [0.25, 0.3) is 0 Å². The fourth-order valence-electron chi connectivity index (χ4n) is 0.590. The zero-order chi connectivity index (χ0) is 8.10. The van der Waals surface area contributed by atoms with Gasteiger partial charge in [-0.2, -0.15) is 0 Å². The number of rotatable bonds is 4. The van der Waals surface area contributed by atoms with E-state index in [2.05, 4.69) is 0 Å². The second-order valence-electron chi connectivity index (χ2n) is 1.95. The van der Waals surface area contributed by atoms with Crippen molar-refractivity contribution in [3.8, 4) is 0 Å². The number of furan rings is 1. The van der Waals surface area contributed by atoms with Crippen molar-refractivity contribution in [1.29, 1.82) is 0 Å². The van der Waals surface area contributed by atoms with Crippen LogP contribution in [0.15, 0.2) is 27.9 Å². The molecule has 60 valence electrons. The van der Waals surface area contributed by atoms with Crippen molar-refractivity contribution in [2.24, 2.45) is 0 Å². The van der Waals surface area contributed by atoms with Crippen LogP contribution in [0.5, 0.6) is 0 Å². The van der Waals surface area contributed by atoms with Gasteiger partial charge in [0.15, 0.2) is 0 Å². The third-order valence-corrected chi connectivity index (χ3v) is 2.05. The topological polar surface area (TPSA) is 50.4 Å². The number of hydrogen-bond donors (Lipinski definition) is 1. The minimum Gasteiger partial charge on any atom is -0.481 e. The SMILES string of the molecule is O=C(O)CCSc1ccoc1. The fraction of sp³-hybridized carbons (Fsp3) is 0.286. The molecule has 1 aromatic heterocycles. The van der Waals surface area contributed by atoms with Gasteiger partial charge in [0.25, 0.3) is 0 Å². The highest BCUT2D eigenvalue weighted by molar-refractivity contribution is 7.99. The Bertz CT molecular complexity index is 218. The minimum absolute atomic E-state index is 0.190. The molecule has 0 aliphatic heterocycles. The summed E-state index contributed by atoms with van der Waals surface area (Å²) in [5.74, 6) is -0.171. The maximum atomic E-state index is 10.1. The van der Waals surface area contributed by atoms with E-state index in [4.69, 9.17) is 9.52 Å². The summed E-state index contributed by atoms with van der Waals surface area (Å²) < 4.78 is 4.80. The highest BCUT2D eigenvalue weighted by Crippen LogP contribution is 2.18. The van der Waals surface area contributed by atoms with Crippen molar-refractivity contribution in [3.63, 3.8) is 0 Å². The Balaban J connectivity index is 2.19. The van der Waals surface area contributed by atoms with Gasteiger partial charge in [-0.25, -0.2) is 0 Å².